The molecule has 0 aliphatic rings. The molecule has 23 heavy (non-hydrogen) atoms. The van der Waals surface area contributed by atoms with Crippen LogP contribution < -0.4 is 10.1 Å². The number of ether oxygens (including phenoxy) is 1. The van der Waals surface area contributed by atoms with E-state index in [2.05, 4.69) is 26.1 Å². The molecule has 0 heterocycles. The first-order chi connectivity index (χ1) is 10.8. The largest absolute Gasteiger partial charge is 0.481 e. The van der Waals surface area contributed by atoms with E-state index in [9.17, 15) is 4.79 Å². The molecule has 0 radical (unpaired) electrons. The molecular formula is C19H22ClNO2. The van der Waals surface area contributed by atoms with Crippen molar-refractivity contribution in [3.05, 3.63) is 59.1 Å². The Morgan fingerprint density at radius 3 is 2.35 bits per heavy atom. The van der Waals surface area contributed by atoms with Crippen LogP contribution in [0.25, 0.3) is 0 Å². The second-order valence-corrected chi connectivity index (χ2v) is 6.97. The second-order valence-electron chi connectivity index (χ2n) is 6.53. The number of hydrogen-bond donors (Lipinski definition) is 1. The minimum Gasteiger partial charge on any atom is -0.481 e. The van der Waals surface area contributed by atoms with E-state index in [1.165, 1.54) is 5.56 Å². The average molecular weight is 332 g/mol. The Balaban J connectivity index is 1.98. The normalized spacial score (nSPS) is 12.6. The first-order valence-corrected chi connectivity index (χ1v) is 7.97. The van der Waals surface area contributed by atoms with Crippen LogP contribution in [0.3, 0.4) is 0 Å². The minimum atomic E-state index is -0.602. The van der Waals surface area contributed by atoms with Crippen molar-refractivity contribution in [2.75, 3.05) is 5.32 Å². The lowest BCUT2D eigenvalue weighted by molar-refractivity contribution is -0.122. The van der Waals surface area contributed by atoms with E-state index in [1.54, 1.807) is 31.2 Å². The number of halogens is 1. The van der Waals surface area contributed by atoms with Gasteiger partial charge in [0.2, 0.25) is 0 Å². The zero-order valence-corrected chi connectivity index (χ0v) is 14.6. The summed E-state index contributed by atoms with van der Waals surface area (Å²) in [6.07, 6.45) is -0.602. The van der Waals surface area contributed by atoms with Crippen molar-refractivity contribution in [1.29, 1.82) is 0 Å². The molecule has 0 saturated heterocycles. The number of carbonyl (C=O) groups excluding carboxylic acids is 1. The van der Waals surface area contributed by atoms with Gasteiger partial charge < -0.3 is 10.1 Å². The fraction of sp³-hybridized carbons (Fsp3) is 0.316. The van der Waals surface area contributed by atoms with E-state index in [-0.39, 0.29) is 11.3 Å². The highest BCUT2D eigenvalue weighted by atomic mass is 35.5. The first kappa shape index (κ1) is 17.4. The van der Waals surface area contributed by atoms with Crippen molar-refractivity contribution in [3.8, 4) is 5.75 Å². The summed E-state index contributed by atoms with van der Waals surface area (Å²) in [5.41, 5.74) is 1.97. The minimum absolute atomic E-state index is 0.0914. The maximum Gasteiger partial charge on any atom is 0.265 e. The molecule has 2 rings (SSSR count). The molecule has 0 aliphatic carbocycles. The summed E-state index contributed by atoms with van der Waals surface area (Å²) in [4.78, 5) is 12.2. The number of nitrogens with one attached hydrogen (secondary N) is 1. The Labute approximate surface area is 142 Å². The fourth-order valence-corrected chi connectivity index (χ4v) is 2.29. The Hall–Kier alpha value is -2.00. The molecule has 1 atom stereocenters. The molecule has 2 aromatic carbocycles. The van der Waals surface area contributed by atoms with Gasteiger partial charge in [0.15, 0.2) is 6.10 Å². The van der Waals surface area contributed by atoms with Crippen molar-refractivity contribution in [2.45, 2.75) is 39.2 Å². The third-order valence-electron chi connectivity index (χ3n) is 3.49. The summed E-state index contributed by atoms with van der Waals surface area (Å²) >= 11 is 5.91. The predicted molar refractivity (Wildman–Crippen MR) is 95.3 cm³/mol. The van der Waals surface area contributed by atoms with Gasteiger partial charge in [0.1, 0.15) is 5.75 Å². The van der Waals surface area contributed by atoms with Gasteiger partial charge >= 0.3 is 0 Å². The van der Waals surface area contributed by atoms with Crippen molar-refractivity contribution in [3.63, 3.8) is 0 Å². The van der Waals surface area contributed by atoms with E-state index >= 15 is 0 Å². The first-order valence-electron chi connectivity index (χ1n) is 7.59. The molecule has 0 spiro atoms. The molecule has 0 saturated carbocycles. The van der Waals surface area contributed by atoms with Crippen LogP contribution in [0.5, 0.6) is 5.75 Å². The number of carbonyl (C=O) groups is 1. The van der Waals surface area contributed by atoms with E-state index in [4.69, 9.17) is 16.3 Å². The third kappa shape index (κ3) is 5.00. The highest BCUT2D eigenvalue weighted by Crippen LogP contribution is 2.24. The maximum atomic E-state index is 12.2. The quantitative estimate of drug-likeness (QED) is 0.852. The van der Waals surface area contributed by atoms with Gasteiger partial charge in [-0.2, -0.15) is 0 Å². The van der Waals surface area contributed by atoms with Gasteiger partial charge in [-0.15, -0.1) is 0 Å². The SMILES string of the molecule is C[C@@H](Oc1ccc(C(C)(C)C)cc1)C(=O)Nc1cccc(Cl)c1. The standard InChI is InChI=1S/C19H22ClNO2/c1-13(18(22)21-16-7-5-6-15(20)12-16)23-17-10-8-14(9-11-17)19(2,3)4/h5-13H,1-4H3,(H,21,22)/t13-/m1/s1. The van der Waals surface area contributed by atoms with Crippen LogP contribution in [0.15, 0.2) is 48.5 Å². The third-order valence-corrected chi connectivity index (χ3v) is 3.73. The van der Waals surface area contributed by atoms with E-state index < -0.39 is 6.10 Å². The van der Waals surface area contributed by atoms with Crippen LogP contribution in [0.2, 0.25) is 5.02 Å². The van der Waals surface area contributed by atoms with Crippen LogP contribution in [0, 0.1) is 0 Å². The summed E-state index contributed by atoms with van der Waals surface area (Å²) in [6.45, 7) is 8.19. The number of benzene rings is 2. The molecule has 122 valence electrons. The lowest BCUT2D eigenvalue weighted by Gasteiger charge is -2.20. The van der Waals surface area contributed by atoms with Gasteiger partial charge in [-0.1, -0.05) is 50.6 Å². The van der Waals surface area contributed by atoms with Gasteiger partial charge in [-0.25, -0.2) is 0 Å². The highest BCUT2D eigenvalue weighted by molar-refractivity contribution is 6.30. The summed E-state index contributed by atoms with van der Waals surface area (Å²) in [7, 11) is 0. The molecule has 0 unspecified atom stereocenters. The smallest absolute Gasteiger partial charge is 0.265 e. The van der Waals surface area contributed by atoms with Crippen molar-refractivity contribution in [2.24, 2.45) is 0 Å². The van der Waals surface area contributed by atoms with Gasteiger partial charge in [0.25, 0.3) is 5.91 Å². The average Bonchev–Trinajstić information content (AvgIpc) is 2.46. The summed E-state index contributed by atoms with van der Waals surface area (Å²) in [5.74, 6) is 0.457. The molecule has 1 amide bonds. The van der Waals surface area contributed by atoms with Crippen molar-refractivity contribution < 1.29 is 9.53 Å². The molecule has 4 heteroatoms. The van der Waals surface area contributed by atoms with Crippen LogP contribution >= 0.6 is 11.6 Å². The second kappa shape index (κ2) is 7.05. The van der Waals surface area contributed by atoms with Crippen molar-refractivity contribution in [1.82, 2.24) is 0 Å². The number of anilines is 1. The van der Waals surface area contributed by atoms with Crippen LogP contribution in [-0.4, -0.2) is 12.0 Å². The number of rotatable bonds is 4. The Bertz CT molecular complexity index is 675. The molecule has 0 bridgehead atoms. The molecule has 0 aromatic heterocycles. The van der Waals surface area contributed by atoms with Crippen molar-refractivity contribution >= 4 is 23.2 Å². The Kier molecular flexibility index (Phi) is 5.32. The Morgan fingerprint density at radius 2 is 1.78 bits per heavy atom. The number of amides is 1. The summed E-state index contributed by atoms with van der Waals surface area (Å²) in [6, 6.07) is 14.9. The predicted octanol–water partition coefficient (Wildman–Crippen LogP) is 5.04. The van der Waals surface area contributed by atoms with E-state index in [0.29, 0.717) is 16.5 Å². The summed E-state index contributed by atoms with van der Waals surface area (Å²) < 4.78 is 5.70. The molecule has 2 aromatic rings. The highest BCUT2D eigenvalue weighted by Gasteiger charge is 2.16. The van der Waals surface area contributed by atoms with Crippen LogP contribution in [0.4, 0.5) is 5.69 Å². The zero-order valence-electron chi connectivity index (χ0n) is 13.9. The molecule has 0 fully saturated rings. The monoisotopic (exact) mass is 331 g/mol. The fourth-order valence-electron chi connectivity index (χ4n) is 2.10. The molecule has 1 N–H and O–H groups in total. The van der Waals surface area contributed by atoms with Crippen LogP contribution in [-0.2, 0) is 10.2 Å². The molecular weight excluding hydrogens is 310 g/mol. The van der Waals surface area contributed by atoms with Gasteiger partial charge in [0, 0.05) is 10.7 Å². The van der Waals surface area contributed by atoms with Gasteiger partial charge in [-0.05, 0) is 48.2 Å². The molecule has 3 nitrogen and oxygen atoms in total. The van der Waals surface area contributed by atoms with E-state index in [0.717, 1.165) is 0 Å². The molecule has 0 aliphatic heterocycles. The zero-order chi connectivity index (χ0) is 17.0. The van der Waals surface area contributed by atoms with E-state index in [1.807, 2.05) is 24.3 Å². The maximum absolute atomic E-state index is 12.2. The lowest BCUT2D eigenvalue weighted by atomic mass is 9.87. The van der Waals surface area contributed by atoms with Crippen LogP contribution in [0.1, 0.15) is 33.3 Å². The Morgan fingerprint density at radius 1 is 1.13 bits per heavy atom. The lowest BCUT2D eigenvalue weighted by Crippen LogP contribution is -2.30. The van der Waals surface area contributed by atoms with Gasteiger partial charge in [-0.3, -0.25) is 4.79 Å². The summed E-state index contributed by atoms with van der Waals surface area (Å²) in [5, 5.41) is 3.37. The van der Waals surface area contributed by atoms with Gasteiger partial charge in [0.05, 0.1) is 0 Å². The number of hydrogen-bond acceptors (Lipinski definition) is 2. The topological polar surface area (TPSA) is 38.3 Å².